The Morgan fingerprint density at radius 2 is 2.20 bits per heavy atom. The topological polar surface area (TPSA) is 32.3 Å². The Balaban J connectivity index is 1.98. The second-order valence-electron chi connectivity index (χ2n) is 4.15. The molecule has 1 saturated carbocycles. The van der Waals surface area contributed by atoms with E-state index in [9.17, 15) is 0 Å². The zero-order valence-corrected chi connectivity index (χ0v) is 9.43. The van der Waals surface area contributed by atoms with Gasteiger partial charge in [-0.05, 0) is 36.5 Å². The average Bonchev–Trinajstić information content (AvgIpc) is 2.18. The van der Waals surface area contributed by atoms with Crippen molar-refractivity contribution in [2.24, 2.45) is 5.92 Å². The van der Waals surface area contributed by atoms with Crippen LogP contribution >= 0.6 is 11.6 Å². The van der Waals surface area contributed by atoms with Gasteiger partial charge in [0, 0.05) is 6.54 Å². The molecule has 1 fully saturated rings. The maximum Gasteiger partial charge on any atom is 0.0682 e. The summed E-state index contributed by atoms with van der Waals surface area (Å²) in [5.74, 6) is 0.804. The molecule has 0 atom stereocenters. The number of hydrogen-bond acceptors (Lipinski definition) is 2. The van der Waals surface area contributed by atoms with Gasteiger partial charge in [0.15, 0.2) is 0 Å². The molecule has 0 bridgehead atoms. The van der Waals surface area contributed by atoms with Crippen molar-refractivity contribution >= 4 is 17.3 Å². The summed E-state index contributed by atoms with van der Waals surface area (Å²) in [7, 11) is 0. The molecule has 15 heavy (non-hydrogen) atoms. The third-order valence-corrected chi connectivity index (χ3v) is 3.35. The summed E-state index contributed by atoms with van der Waals surface area (Å²) in [5, 5.41) is 13.1. The van der Waals surface area contributed by atoms with E-state index < -0.39 is 0 Å². The molecule has 82 valence electrons. The van der Waals surface area contributed by atoms with E-state index in [2.05, 4.69) is 5.32 Å². The van der Waals surface area contributed by atoms with Crippen molar-refractivity contribution in [3.63, 3.8) is 0 Å². The van der Waals surface area contributed by atoms with Gasteiger partial charge in [-0.15, -0.1) is 0 Å². The maximum atomic E-state index is 9.02. The van der Waals surface area contributed by atoms with Gasteiger partial charge in [0.1, 0.15) is 0 Å². The number of aliphatic hydroxyl groups is 1. The van der Waals surface area contributed by atoms with E-state index in [4.69, 9.17) is 16.7 Å². The molecule has 1 aromatic rings. The zero-order valence-electron chi connectivity index (χ0n) is 8.67. The Labute approximate surface area is 95.3 Å². The van der Waals surface area contributed by atoms with Crippen LogP contribution in [0.3, 0.4) is 0 Å². The number of halogens is 1. The number of nitrogens with one attached hydrogen (secondary N) is 1. The third kappa shape index (κ3) is 2.64. The highest BCUT2D eigenvalue weighted by Crippen LogP contribution is 2.28. The van der Waals surface area contributed by atoms with Crippen LogP contribution in [0.5, 0.6) is 0 Å². The summed E-state index contributed by atoms with van der Waals surface area (Å²) < 4.78 is 0. The van der Waals surface area contributed by atoms with Crippen LogP contribution in [0.15, 0.2) is 18.2 Å². The highest BCUT2D eigenvalue weighted by atomic mass is 35.5. The molecule has 1 aliphatic rings. The molecule has 0 spiro atoms. The van der Waals surface area contributed by atoms with Crippen molar-refractivity contribution in [3.05, 3.63) is 28.8 Å². The van der Waals surface area contributed by atoms with Gasteiger partial charge in [-0.3, -0.25) is 0 Å². The van der Waals surface area contributed by atoms with Crippen LogP contribution in [0, 0.1) is 5.92 Å². The monoisotopic (exact) mass is 225 g/mol. The first kappa shape index (κ1) is 10.8. The summed E-state index contributed by atoms with van der Waals surface area (Å²) >= 11 is 6.05. The molecule has 0 aliphatic heterocycles. The fourth-order valence-corrected chi connectivity index (χ4v) is 1.94. The zero-order chi connectivity index (χ0) is 10.7. The Hall–Kier alpha value is -0.730. The summed E-state index contributed by atoms with van der Waals surface area (Å²) in [5.41, 5.74) is 1.84. The van der Waals surface area contributed by atoms with Gasteiger partial charge < -0.3 is 10.4 Å². The molecule has 1 aliphatic carbocycles. The molecule has 0 aromatic heterocycles. The average molecular weight is 226 g/mol. The lowest BCUT2D eigenvalue weighted by Crippen LogP contribution is -2.21. The second-order valence-corrected chi connectivity index (χ2v) is 4.56. The minimum atomic E-state index is 0.0648. The van der Waals surface area contributed by atoms with Gasteiger partial charge in [-0.1, -0.05) is 24.1 Å². The first-order valence-corrected chi connectivity index (χ1v) is 5.80. The normalized spacial score (nSPS) is 16.1. The van der Waals surface area contributed by atoms with Crippen molar-refractivity contribution in [3.8, 4) is 0 Å². The van der Waals surface area contributed by atoms with E-state index in [0.29, 0.717) is 0 Å². The number of anilines is 1. The smallest absolute Gasteiger partial charge is 0.0682 e. The van der Waals surface area contributed by atoms with Crippen molar-refractivity contribution in [2.75, 3.05) is 11.9 Å². The maximum absolute atomic E-state index is 9.02. The fourth-order valence-electron chi connectivity index (χ4n) is 1.76. The quantitative estimate of drug-likeness (QED) is 0.826. The van der Waals surface area contributed by atoms with Crippen molar-refractivity contribution in [1.29, 1.82) is 0 Å². The van der Waals surface area contributed by atoms with Crippen LogP contribution in [0.4, 0.5) is 5.69 Å². The van der Waals surface area contributed by atoms with Crippen molar-refractivity contribution < 1.29 is 5.11 Å². The molecule has 3 heteroatoms. The highest BCUT2D eigenvalue weighted by Gasteiger charge is 2.17. The molecule has 0 amide bonds. The Bertz CT molecular complexity index is 336. The predicted octanol–water partition coefficient (Wildman–Crippen LogP) is 3.04. The van der Waals surface area contributed by atoms with Gasteiger partial charge in [0.05, 0.1) is 17.3 Å². The summed E-state index contributed by atoms with van der Waals surface area (Å²) in [6.07, 6.45) is 4.01. The molecule has 0 heterocycles. The minimum Gasteiger partial charge on any atom is -0.392 e. The van der Waals surface area contributed by atoms with Crippen LogP contribution in [-0.2, 0) is 6.61 Å². The Morgan fingerprint density at radius 3 is 2.80 bits per heavy atom. The lowest BCUT2D eigenvalue weighted by atomic mass is 9.85. The van der Waals surface area contributed by atoms with Crippen molar-refractivity contribution in [2.45, 2.75) is 25.9 Å². The number of benzene rings is 1. The third-order valence-electron chi connectivity index (χ3n) is 3.02. The molecule has 0 unspecified atom stereocenters. The van der Waals surface area contributed by atoms with Crippen LogP contribution in [0.25, 0.3) is 0 Å². The molecule has 2 rings (SSSR count). The number of hydrogen-bond donors (Lipinski definition) is 2. The van der Waals surface area contributed by atoms with Crippen molar-refractivity contribution in [1.82, 2.24) is 0 Å². The van der Waals surface area contributed by atoms with Gasteiger partial charge in [-0.2, -0.15) is 0 Å². The number of rotatable bonds is 4. The van der Waals surface area contributed by atoms with Gasteiger partial charge in [-0.25, -0.2) is 0 Å². The summed E-state index contributed by atoms with van der Waals surface area (Å²) in [6.45, 7) is 1.06. The lowest BCUT2D eigenvalue weighted by molar-refractivity contribution is 0.282. The Kier molecular flexibility index (Phi) is 3.49. The molecule has 1 aromatic carbocycles. The Morgan fingerprint density at radius 1 is 1.40 bits per heavy atom. The molecular formula is C12H16ClNO. The predicted molar refractivity (Wildman–Crippen MR) is 63.2 cm³/mol. The summed E-state index contributed by atoms with van der Waals surface area (Å²) in [4.78, 5) is 0. The van der Waals surface area contributed by atoms with Crippen LogP contribution in [-0.4, -0.2) is 11.7 Å². The molecule has 0 radical (unpaired) electrons. The minimum absolute atomic E-state index is 0.0648. The van der Waals surface area contributed by atoms with Crippen LogP contribution in [0.2, 0.25) is 5.02 Å². The lowest BCUT2D eigenvalue weighted by Gasteiger charge is -2.26. The first-order chi connectivity index (χ1) is 7.29. The van der Waals surface area contributed by atoms with Crippen LogP contribution in [0.1, 0.15) is 24.8 Å². The SMILES string of the molecule is OCc1ccc(Cl)c(NCC2CCC2)c1. The van der Waals surface area contributed by atoms with Gasteiger partial charge >= 0.3 is 0 Å². The van der Waals surface area contributed by atoms with E-state index in [1.807, 2.05) is 18.2 Å². The molecule has 2 nitrogen and oxygen atoms in total. The fraction of sp³-hybridized carbons (Fsp3) is 0.500. The standard InChI is InChI=1S/C12H16ClNO/c13-11-5-4-10(8-15)6-12(11)14-7-9-2-1-3-9/h4-6,9,14-15H,1-3,7-8H2. The van der Waals surface area contributed by atoms with Gasteiger partial charge in [0.25, 0.3) is 0 Å². The number of aliphatic hydroxyl groups excluding tert-OH is 1. The molecule has 2 N–H and O–H groups in total. The van der Waals surface area contributed by atoms with Gasteiger partial charge in [0.2, 0.25) is 0 Å². The van der Waals surface area contributed by atoms with Crippen LogP contribution < -0.4 is 5.32 Å². The molecular weight excluding hydrogens is 210 g/mol. The first-order valence-electron chi connectivity index (χ1n) is 5.43. The van der Waals surface area contributed by atoms with E-state index in [-0.39, 0.29) is 6.61 Å². The van der Waals surface area contributed by atoms with E-state index in [0.717, 1.165) is 28.7 Å². The van der Waals surface area contributed by atoms with E-state index >= 15 is 0 Å². The highest BCUT2D eigenvalue weighted by molar-refractivity contribution is 6.33. The van der Waals surface area contributed by atoms with E-state index in [1.165, 1.54) is 19.3 Å². The second kappa shape index (κ2) is 4.86. The van der Waals surface area contributed by atoms with E-state index in [1.54, 1.807) is 0 Å². The largest absolute Gasteiger partial charge is 0.392 e. The summed E-state index contributed by atoms with van der Waals surface area (Å²) in [6, 6.07) is 5.59. The molecule has 0 saturated heterocycles.